The zero-order valence-corrected chi connectivity index (χ0v) is 13.9. The normalized spacial score (nSPS) is 11.0. The first-order valence-corrected chi connectivity index (χ1v) is 8.55. The molecule has 0 aromatic heterocycles. The number of unbranched alkanes of at least 4 members (excludes halogenated alkanes) is 7. The Kier molecular flexibility index (Phi) is 14.5. The van der Waals surface area contributed by atoms with Gasteiger partial charge in [-0.25, -0.2) is 0 Å². The van der Waals surface area contributed by atoms with Gasteiger partial charge in [0.1, 0.15) is 0 Å². The Balaban J connectivity index is 3.37. The molecule has 0 aromatic carbocycles. The molecule has 0 rings (SSSR count). The van der Waals surface area contributed by atoms with Crippen molar-refractivity contribution >= 4 is 11.8 Å². The predicted octanol–water partition coefficient (Wildman–Crippen LogP) is 4.99. The van der Waals surface area contributed by atoms with Gasteiger partial charge in [-0.15, -0.1) is 0 Å². The van der Waals surface area contributed by atoms with Crippen molar-refractivity contribution in [3.63, 3.8) is 0 Å². The van der Waals surface area contributed by atoms with Gasteiger partial charge in [0.25, 0.3) is 0 Å². The molecule has 0 aliphatic heterocycles. The van der Waals surface area contributed by atoms with Crippen LogP contribution >= 0.6 is 0 Å². The van der Waals surface area contributed by atoms with E-state index in [4.69, 9.17) is 4.74 Å². The molecule has 0 aliphatic rings. The highest BCUT2D eigenvalue weighted by Gasteiger charge is 2.01. The third-order valence-electron chi connectivity index (χ3n) is 3.39. The zero-order valence-electron chi connectivity index (χ0n) is 13.9. The van der Waals surface area contributed by atoms with Crippen LogP contribution in [0.1, 0.15) is 84.5 Å². The van der Waals surface area contributed by atoms with E-state index in [-0.39, 0.29) is 11.8 Å². The van der Waals surface area contributed by atoms with Crippen molar-refractivity contribution in [2.75, 3.05) is 6.61 Å². The van der Waals surface area contributed by atoms with Gasteiger partial charge in [0.05, 0.1) is 6.61 Å². The molecule has 0 unspecified atom stereocenters. The van der Waals surface area contributed by atoms with Gasteiger partial charge in [-0.1, -0.05) is 45.1 Å². The minimum atomic E-state index is -0.111. The number of allylic oxidation sites excluding steroid dienone is 2. The second-order valence-electron chi connectivity index (χ2n) is 5.44. The number of carbonyl (C=O) groups is 2. The molecule has 0 aromatic rings. The molecular weight excluding hydrogens is 264 g/mol. The Morgan fingerprint density at radius 1 is 0.857 bits per heavy atom. The first-order valence-electron chi connectivity index (χ1n) is 8.55. The maximum Gasteiger partial charge on any atom is 0.305 e. The van der Waals surface area contributed by atoms with Crippen molar-refractivity contribution in [2.45, 2.75) is 84.5 Å². The second-order valence-corrected chi connectivity index (χ2v) is 5.44. The minimum absolute atomic E-state index is 0.111. The number of rotatable bonds is 14. The van der Waals surface area contributed by atoms with Crippen molar-refractivity contribution in [1.29, 1.82) is 0 Å². The van der Waals surface area contributed by atoms with Crippen LogP contribution in [0.4, 0.5) is 0 Å². The van der Waals surface area contributed by atoms with Gasteiger partial charge in [0.2, 0.25) is 0 Å². The van der Waals surface area contributed by atoms with Crippen LogP contribution in [0, 0.1) is 0 Å². The van der Waals surface area contributed by atoms with Crippen LogP contribution in [-0.2, 0) is 14.3 Å². The molecule has 0 bridgehead atoms. The predicted molar refractivity (Wildman–Crippen MR) is 87.2 cm³/mol. The summed E-state index contributed by atoms with van der Waals surface area (Å²) in [5, 5.41) is 0. The fourth-order valence-electron chi connectivity index (χ4n) is 2.14. The minimum Gasteiger partial charge on any atom is -0.466 e. The number of hydrogen-bond donors (Lipinski definition) is 0. The molecule has 0 amide bonds. The lowest BCUT2D eigenvalue weighted by atomic mass is 10.1. The summed E-state index contributed by atoms with van der Waals surface area (Å²) in [5.74, 6) is 0.121. The first kappa shape index (κ1) is 19.9. The highest BCUT2D eigenvalue weighted by atomic mass is 16.5. The van der Waals surface area contributed by atoms with Gasteiger partial charge in [0.15, 0.2) is 5.78 Å². The van der Waals surface area contributed by atoms with Gasteiger partial charge >= 0.3 is 5.97 Å². The fraction of sp³-hybridized carbons (Fsp3) is 0.778. The third kappa shape index (κ3) is 15.1. The van der Waals surface area contributed by atoms with Crippen molar-refractivity contribution in [3.05, 3.63) is 12.2 Å². The summed E-state index contributed by atoms with van der Waals surface area (Å²) in [7, 11) is 0. The van der Waals surface area contributed by atoms with Crippen molar-refractivity contribution in [3.8, 4) is 0 Å². The van der Waals surface area contributed by atoms with Crippen molar-refractivity contribution < 1.29 is 14.3 Å². The zero-order chi connectivity index (χ0) is 15.8. The summed E-state index contributed by atoms with van der Waals surface area (Å²) in [6.45, 7) is 4.48. The Morgan fingerprint density at radius 3 is 2.19 bits per heavy atom. The smallest absolute Gasteiger partial charge is 0.305 e. The molecule has 21 heavy (non-hydrogen) atoms. The number of ketones is 1. The maximum atomic E-state index is 11.6. The summed E-state index contributed by atoms with van der Waals surface area (Å²) >= 11 is 0. The van der Waals surface area contributed by atoms with Gasteiger partial charge in [0, 0.05) is 12.8 Å². The van der Waals surface area contributed by atoms with E-state index >= 15 is 0 Å². The van der Waals surface area contributed by atoms with Crippen LogP contribution in [0.25, 0.3) is 0 Å². The maximum absolute atomic E-state index is 11.6. The molecule has 0 radical (unpaired) electrons. The van der Waals surface area contributed by atoms with Crippen LogP contribution < -0.4 is 0 Å². The van der Waals surface area contributed by atoms with Gasteiger partial charge in [-0.05, 0) is 38.7 Å². The average molecular weight is 296 g/mol. The van der Waals surface area contributed by atoms with E-state index in [9.17, 15) is 9.59 Å². The monoisotopic (exact) mass is 296 g/mol. The molecule has 3 heteroatoms. The highest BCUT2D eigenvalue weighted by molar-refractivity contribution is 5.89. The van der Waals surface area contributed by atoms with E-state index < -0.39 is 0 Å². The van der Waals surface area contributed by atoms with Gasteiger partial charge < -0.3 is 4.74 Å². The van der Waals surface area contributed by atoms with E-state index in [1.165, 1.54) is 25.7 Å². The van der Waals surface area contributed by atoms with E-state index in [1.807, 2.05) is 13.0 Å². The number of hydrogen-bond acceptors (Lipinski definition) is 3. The van der Waals surface area contributed by atoms with Crippen molar-refractivity contribution in [2.24, 2.45) is 0 Å². The van der Waals surface area contributed by atoms with E-state index in [1.54, 1.807) is 6.08 Å². The molecule has 0 spiro atoms. The Labute approximate surface area is 130 Å². The number of esters is 1. The fourth-order valence-corrected chi connectivity index (χ4v) is 2.14. The first-order chi connectivity index (χ1) is 10.2. The lowest BCUT2D eigenvalue weighted by Crippen LogP contribution is -2.03. The summed E-state index contributed by atoms with van der Waals surface area (Å²) < 4.78 is 4.86. The molecule has 0 fully saturated rings. The van der Waals surface area contributed by atoms with E-state index in [2.05, 4.69) is 6.92 Å². The van der Waals surface area contributed by atoms with Gasteiger partial charge in [-0.3, -0.25) is 9.59 Å². The average Bonchev–Trinajstić information content (AvgIpc) is 2.46. The Hall–Kier alpha value is -1.12. The SMILES string of the molecule is CCCCCC/C=C/C(=O)CCCCCCC(=O)OCC. The third-order valence-corrected chi connectivity index (χ3v) is 3.39. The second kappa shape index (κ2) is 15.3. The number of ether oxygens (including phenoxy) is 1. The number of carbonyl (C=O) groups excluding carboxylic acids is 2. The quantitative estimate of drug-likeness (QED) is 0.258. The largest absolute Gasteiger partial charge is 0.466 e. The van der Waals surface area contributed by atoms with E-state index in [0.29, 0.717) is 19.4 Å². The summed E-state index contributed by atoms with van der Waals surface area (Å²) in [6.07, 6.45) is 14.7. The summed E-state index contributed by atoms with van der Waals surface area (Å²) in [6, 6.07) is 0. The van der Waals surface area contributed by atoms with Gasteiger partial charge in [-0.2, -0.15) is 0 Å². The van der Waals surface area contributed by atoms with Crippen LogP contribution in [0.2, 0.25) is 0 Å². The van der Waals surface area contributed by atoms with Crippen LogP contribution in [0.3, 0.4) is 0 Å². The van der Waals surface area contributed by atoms with E-state index in [0.717, 1.165) is 32.1 Å². The summed E-state index contributed by atoms with van der Waals surface area (Å²) in [4.78, 5) is 22.7. The van der Waals surface area contributed by atoms with Crippen LogP contribution in [-0.4, -0.2) is 18.4 Å². The van der Waals surface area contributed by atoms with Crippen LogP contribution in [0.5, 0.6) is 0 Å². The molecule has 0 saturated heterocycles. The van der Waals surface area contributed by atoms with Crippen molar-refractivity contribution in [1.82, 2.24) is 0 Å². The standard InChI is InChI=1S/C18H32O3/c1-3-5-6-7-8-11-14-17(19)15-12-9-10-13-16-18(20)21-4-2/h11,14H,3-10,12-13,15-16H2,1-2H3/b14-11+. The molecule has 0 aliphatic carbocycles. The lowest BCUT2D eigenvalue weighted by Gasteiger charge is -2.01. The molecule has 122 valence electrons. The topological polar surface area (TPSA) is 43.4 Å². The highest BCUT2D eigenvalue weighted by Crippen LogP contribution is 2.08. The molecule has 3 nitrogen and oxygen atoms in total. The molecule has 0 N–H and O–H groups in total. The lowest BCUT2D eigenvalue weighted by molar-refractivity contribution is -0.143. The molecular formula is C18H32O3. The molecule has 0 atom stereocenters. The Morgan fingerprint density at radius 2 is 1.52 bits per heavy atom. The molecule has 0 saturated carbocycles. The van der Waals surface area contributed by atoms with Crippen LogP contribution in [0.15, 0.2) is 12.2 Å². The summed E-state index contributed by atoms with van der Waals surface area (Å²) in [5.41, 5.74) is 0. The Bertz CT molecular complexity index is 295. The molecule has 0 heterocycles.